The van der Waals surface area contributed by atoms with Crippen LogP contribution in [-0.2, 0) is 11.3 Å². The summed E-state index contributed by atoms with van der Waals surface area (Å²) in [6.45, 7) is 1.09. The number of ether oxygens (including phenoxy) is 2. The van der Waals surface area contributed by atoms with E-state index in [9.17, 15) is 4.79 Å². The van der Waals surface area contributed by atoms with Crippen molar-refractivity contribution in [2.24, 2.45) is 0 Å². The molecule has 3 aromatic carbocycles. The fourth-order valence-corrected chi connectivity index (χ4v) is 3.71. The lowest BCUT2D eigenvalue weighted by molar-refractivity contribution is -0.116. The number of carbonyl (C=O) groups excluding carboxylic acids is 1. The molecule has 0 fully saturated rings. The maximum absolute atomic E-state index is 12.7. The summed E-state index contributed by atoms with van der Waals surface area (Å²) >= 11 is 6.22. The number of nitrogens with zero attached hydrogens (tertiary/aromatic N) is 2. The molecule has 1 amide bonds. The topological polar surface area (TPSA) is 65.4 Å². The van der Waals surface area contributed by atoms with Crippen molar-refractivity contribution in [3.05, 3.63) is 71.8 Å². The first-order chi connectivity index (χ1) is 14.7. The number of benzene rings is 3. The number of anilines is 1. The number of aromatic nitrogens is 2. The van der Waals surface area contributed by atoms with Crippen LogP contribution in [-0.4, -0.2) is 28.9 Å². The van der Waals surface area contributed by atoms with E-state index in [4.69, 9.17) is 26.2 Å². The highest BCUT2D eigenvalue weighted by Gasteiger charge is 2.16. The van der Waals surface area contributed by atoms with E-state index in [-0.39, 0.29) is 12.5 Å². The minimum absolute atomic E-state index is 0.0689. The number of hydrogen-bond acceptors (Lipinski definition) is 4. The second-order valence-corrected chi connectivity index (χ2v) is 7.38. The number of hydrogen-bond donors (Lipinski definition) is 1. The first kappa shape index (κ1) is 18.5. The summed E-state index contributed by atoms with van der Waals surface area (Å²) in [5.41, 5.74) is 3.25. The molecule has 0 saturated carbocycles. The monoisotopic (exact) mass is 419 g/mol. The van der Waals surface area contributed by atoms with Gasteiger partial charge in [0.2, 0.25) is 5.91 Å². The van der Waals surface area contributed by atoms with E-state index in [1.807, 2.05) is 42.5 Å². The van der Waals surface area contributed by atoms with Gasteiger partial charge in [-0.2, -0.15) is 5.10 Å². The molecular formula is C23H18ClN3O3. The van der Waals surface area contributed by atoms with E-state index < -0.39 is 0 Å². The van der Waals surface area contributed by atoms with E-state index in [0.29, 0.717) is 35.4 Å². The lowest BCUT2D eigenvalue weighted by Crippen LogP contribution is -2.20. The molecule has 4 aromatic rings. The molecule has 6 nitrogen and oxygen atoms in total. The summed E-state index contributed by atoms with van der Waals surface area (Å²) in [5, 5.41) is 9.14. The predicted molar refractivity (Wildman–Crippen MR) is 116 cm³/mol. The van der Waals surface area contributed by atoms with Crippen molar-refractivity contribution in [1.82, 2.24) is 9.78 Å². The smallest absolute Gasteiger partial charge is 0.246 e. The molecule has 1 aliphatic rings. The Balaban J connectivity index is 1.43. The van der Waals surface area contributed by atoms with Crippen LogP contribution in [0.1, 0.15) is 0 Å². The molecule has 1 N–H and O–H groups in total. The van der Waals surface area contributed by atoms with Gasteiger partial charge < -0.3 is 14.8 Å². The molecule has 5 rings (SSSR count). The van der Waals surface area contributed by atoms with Crippen molar-refractivity contribution in [2.45, 2.75) is 6.54 Å². The zero-order valence-electron chi connectivity index (χ0n) is 16.0. The zero-order chi connectivity index (χ0) is 20.5. The number of carbonyl (C=O) groups is 1. The highest BCUT2D eigenvalue weighted by molar-refractivity contribution is 6.31. The van der Waals surface area contributed by atoms with Crippen molar-refractivity contribution in [3.63, 3.8) is 0 Å². The van der Waals surface area contributed by atoms with Crippen LogP contribution >= 0.6 is 11.6 Å². The molecule has 150 valence electrons. The highest BCUT2D eigenvalue weighted by Crippen LogP contribution is 2.33. The molecule has 7 heteroatoms. The number of halogens is 1. The third kappa shape index (κ3) is 3.57. The number of fused-ring (bicyclic) bond motifs is 2. The summed E-state index contributed by atoms with van der Waals surface area (Å²) in [6.07, 6.45) is 0. The van der Waals surface area contributed by atoms with Gasteiger partial charge in [-0.3, -0.25) is 9.48 Å². The number of rotatable bonds is 4. The summed E-state index contributed by atoms with van der Waals surface area (Å²) < 4.78 is 12.8. The van der Waals surface area contributed by atoms with Gasteiger partial charge in [-0.15, -0.1) is 0 Å². The van der Waals surface area contributed by atoms with E-state index in [1.165, 1.54) is 0 Å². The zero-order valence-corrected chi connectivity index (χ0v) is 16.7. The van der Waals surface area contributed by atoms with Crippen LogP contribution in [0.4, 0.5) is 5.69 Å². The molecule has 0 radical (unpaired) electrons. The molecule has 0 atom stereocenters. The Kier molecular flexibility index (Phi) is 4.77. The molecule has 0 bridgehead atoms. The Hall–Kier alpha value is -3.51. The van der Waals surface area contributed by atoms with Crippen molar-refractivity contribution in [2.75, 3.05) is 18.5 Å². The summed E-state index contributed by atoms with van der Waals surface area (Å²) in [4.78, 5) is 12.7. The van der Waals surface area contributed by atoms with Gasteiger partial charge in [0.1, 0.15) is 25.5 Å². The molecular weight excluding hydrogens is 402 g/mol. The molecule has 0 spiro atoms. The van der Waals surface area contributed by atoms with Crippen LogP contribution in [0.3, 0.4) is 0 Å². The van der Waals surface area contributed by atoms with Crippen LogP contribution in [0.25, 0.3) is 22.2 Å². The molecule has 30 heavy (non-hydrogen) atoms. The van der Waals surface area contributed by atoms with Gasteiger partial charge in [-0.1, -0.05) is 41.9 Å². The van der Waals surface area contributed by atoms with Crippen molar-refractivity contribution in [1.29, 1.82) is 0 Å². The lowest BCUT2D eigenvalue weighted by atomic mass is 10.1. The van der Waals surface area contributed by atoms with Gasteiger partial charge in [-0.25, -0.2) is 0 Å². The summed E-state index contributed by atoms with van der Waals surface area (Å²) in [6, 6.07) is 20.8. The number of nitrogens with one attached hydrogen (secondary N) is 1. The van der Waals surface area contributed by atoms with Crippen LogP contribution in [0.5, 0.6) is 11.5 Å². The normalized spacial score (nSPS) is 12.7. The second-order valence-electron chi connectivity index (χ2n) is 6.94. The van der Waals surface area contributed by atoms with Gasteiger partial charge in [0.05, 0.1) is 5.52 Å². The van der Waals surface area contributed by atoms with Gasteiger partial charge in [0.25, 0.3) is 0 Å². The van der Waals surface area contributed by atoms with Crippen LogP contribution in [0.2, 0.25) is 5.02 Å². The molecule has 1 aliphatic heterocycles. The Bertz CT molecular complexity index is 1240. The highest BCUT2D eigenvalue weighted by atomic mass is 35.5. The van der Waals surface area contributed by atoms with Crippen LogP contribution in [0, 0.1) is 0 Å². The SMILES string of the molecule is O=C(Cn1nc(-c2ccccc2)c2cc(Cl)ccc21)Nc1ccc2c(c1)OCCO2. The lowest BCUT2D eigenvalue weighted by Gasteiger charge is -2.19. The van der Waals surface area contributed by atoms with Crippen molar-refractivity contribution in [3.8, 4) is 22.8 Å². The average molecular weight is 420 g/mol. The van der Waals surface area contributed by atoms with Gasteiger partial charge >= 0.3 is 0 Å². The fourth-order valence-electron chi connectivity index (χ4n) is 3.54. The standard InChI is InChI=1S/C23H18ClN3O3/c24-16-6-8-19-18(12-16)23(15-4-2-1-3-5-15)26-27(19)14-22(28)25-17-7-9-20-21(13-17)30-11-10-29-20/h1-9,12-13H,10-11,14H2,(H,25,28). The average Bonchev–Trinajstić information content (AvgIpc) is 3.11. The Morgan fingerprint density at radius 3 is 2.63 bits per heavy atom. The Morgan fingerprint density at radius 1 is 1.00 bits per heavy atom. The first-order valence-electron chi connectivity index (χ1n) is 9.58. The summed E-state index contributed by atoms with van der Waals surface area (Å²) in [7, 11) is 0. The predicted octanol–water partition coefficient (Wildman–Crippen LogP) is 4.77. The van der Waals surface area contributed by atoms with E-state index in [0.717, 1.165) is 22.2 Å². The Labute approximate surface area is 178 Å². The van der Waals surface area contributed by atoms with Crippen molar-refractivity contribution < 1.29 is 14.3 Å². The van der Waals surface area contributed by atoms with Crippen LogP contribution in [0.15, 0.2) is 66.7 Å². The van der Waals surface area contributed by atoms with Gasteiger partial charge in [-0.05, 0) is 30.3 Å². The first-order valence-corrected chi connectivity index (χ1v) is 9.96. The van der Waals surface area contributed by atoms with E-state index >= 15 is 0 Å². The van der Waals surface area contributed by atoms with Gasteiger partial charge in [0, 0.05) is 27.7 Å². The molecule has 1 aromatic heterocycles. The fraction of sp³-hybridized carbons (Fsp3) is 0.130. The van der Waals surface area contributed by atoms with Gasteiger partial charge in [0.15, 0.2) is 11.5 Å². The minimum Gasteiger partial charge on any atom is -0.486 e. The molecule has 0 aliphatic carbocycles. The largest absolute Gasteiger partial charge is 0.486 e. The third-order valence-corrected chi connectivity index (χ3v) is 5.11. The van der Waals surface area contributed by atoms with Crippen LogP contribution < -0.4 is 14.8 Å². The van der Waals surface area contributed by atoms with Crippen molar-refractivity contribution >= 4 is 34.1 Å². The number of amides is 1. The maximum Gasteiger partial charge on any atom is 0.246 e. The molecule has 2 heterocycles. The minimum atomic E-state index is -0.189. The van der Waals surface area contributed by atoms with E-state index in [1.54, 1.807) is 28.9 Å². The summed E-state index contributed by atoms with van der Waals surface area (Å²) in [5.74, 6) is 1.12. The second kappa shape index (κ2) is 7.72. The third-order valence-electron chi connectivity index (χ3n) is 4.88. The maximum atomic E-state index is 12.7. The quantitative estimate of drug-likeness (QED) is 0.517. The molecule has 0 saturated heterocycles. The Morgan fingerprint density at radius 2 is 1.80 bits per heavy atom. The van der Waals surface area contributed by atoms with E-state index in [2.05, 4.69) is 5.32 Å². The molecule has 0 unspecified atom stereocenters.